The monoisotopic (exact) mass is 204 g/mol. The van der Waals surface area contributed by atoms with Gasteiger partial charge in [0.2, 0.25) is 0 Å². The van der Waals surface area contributed by atoms with Gasteiger partial charge in [-0.2, -0.15) is 0 Å². The van der Waals surface area contributed by atoms with Crippen LogP contribution in [0.2, 0.25) is 0 Å². The number of hydrogen-bond acceptors (Lipinski definition) is 1. The van der Waals surface area contributed by atoms with Crippen LogP contribution in [0.25, 0.3) is 0 Å². The Bertz CT molecular complexity index is 306. The minimum Gasteiger partial charge on any atom is -0.489 e. The van der Waals surface area contributed by atoms with Crippen molar-refractivity contribution in [2.24, 2.45) is 5.41 Å². The number of benzene rings is 1. The molecule has 0 aliphatic heterocycles. The van der Waals surface area contributed by atoms with Crippen LogP contribution in [-0.2, 0) is 0 Å². The summed E-state index contributed by atoms with van der Waals surface area (Å²) in [6.45, 7) is 11.3. The number of rotatable bonds is 4. The average Bonchev–Trinajstić information content (AvgIpc) is 2.14. The molecule has 0 spiro atoms. The smallest absolute Gasteiger partial charge is 0.119 e. The van der Waals surface area contributed by atoms with Crippen LogP contribution in [0.3, 0.4) is 0 Å². The highest BCUT2D eigenvalue weighted by Gasteiger charge is 2.11. The summed E-state index contributed by atoms with van der Waals surface area (Å²) in [4.78, 5) is 0. The van der Waals surface area contributed by atoms with Gasteiger partial charge in [0.15, 0.2) is 0 Å². The van der Waals surface area contributed by atoms with Crippen molar-refractivity contribution >= 4 is 0 Å². The van der Waals surface area contributed by atoms with Gasteiger partial charge in [-0.15, -0.1) is 0 Å². The van der Waals surface area contributed by atoms with Gasteiger partial charge in [-0.25, -0.2) is 0 Å². The number of para-hydroxylation sites is 1. The Morgan fingerprint density at radius 3 is 2.33 bits per heavy atom. The van der Waals surface area contributed by atoms with Crippen LogP contribution in [0.1, 0.15) is 27.2 Å². The van der Waals surface area contributed by atoms with Crippen LogP contribution in [0.5, 0.6) is 5.75 Å². The Kier molecular flexibility index (Phi) is 3.96. The Morgan fingerprint density at radius 1 is 1.20 bits per heavy atom. The van der Waals surface area contributed by atoms with Crippen LogP contribution in [-0.4, -0.2) is 6.61 Å². The SMILES string of the molecule is C=C(COc1ccccc1)CC(C)(C)C. The van der Waals surface area contributed by atoms with Gasteiger partial charge in [0, 0.05) is 0 Å². The fourth-order valence-electron chi connectivity index (χ4n) is 1.50. The molecule has 1 heteroatoms. The summed E-state index contributed by atoms with van der Waals surface area (Å²) in [5.41, 5.74) is 1.43. The zero-order valence-electron chi connectivity index (χ0n) is 9.92. The molecule has 82 valence electrons. The lowest BCUT2D eigenvalue weighted by Crippen LogP contribution is -2.10. The van der Waals surface area contributed by atoms with Crippen molar-refractivity contribution in [3.05, 3.63) is 42.5 Å². The molecule has 0 unspecified atom stereocenters. The van der Waals surface area contributed by atoms with Crippen molar-refractivity contribution in [2.45, 2.75) is 27.2 Å². The molecule has 1 nitrogen and oxygen atoms in total. The van der Waals surface area contributed by atoms with E-state index in [1.807, 2.05) is 30.3 Å². The van der Waals surface area contributed by atoms with E-state index >= 15 is 0 Å². The summed E-state index contributed by atoms with van der Waals surface area (Å²) in [5, 5.41) is 0. The molecule has 1 rings (SSSR count). The first-order chi connectivity index (χ1) is 6.97. The first-order valence-electron chi connectivity index (χ1n) is 5.32. The molecule has 1 aromatic rings. The minimum absolute atomic E-state index is 0.289. The lowest BCUT2D eigenvalue weighted by molar-refractivity contribution is 0.323. The lowest BCUT2D eigenvalue weighted by atomic mass is 9.89. The number of ether oxygens (including phenoxy) is 1. The predicted octanol–water partition coefficient (Wildman–Crippen LogP) is 4.06. The van der Waals surface area contributed by atoms with E-state index < -0.39 is 0 Å². The molecule has 15 heavy (non-hydrogen) atoms. The van der Waals surface area contributed by atoms with Gasteiger partial charge in [0.05, 0.1) is 0 Å². The summed E-state index contributed by atoms with van der Waals surface area (Å²) in [5.74, 6) is 0.910. The Morgan fingerprint density at radius 2 is 1.80 bits per heavy atom. The highest BCUT2D eigenvalue weighted by Crippen LogP contribution is 2.23. The molecule has 0 saturated carbocycles. The van der Waals surface area contributed by atoms with E-state index in [0.29, 0.717) is 6.61 Å². The third-order valence-corrected chi connectivity index (χ3v) is 1.97. The molecule has 0 heterocycles. The van der Waals surface area contributed by atoms with Gasteiger partial charge < -0.3 is 4.74 Å². The van der Waals surface area contributed by atoms with E-state index in [1.54, 1.807) is 0 Å². The van der Waals surface area contributed by atoms with Gasteiger partial charge in [0.1, 0.15) is 12.4 Å². The second-order valence-corrected chi connectivity index (χ2v) is 5.09. The fourth-order valence-corrected chi connectivity index (χ4v) is 1.50. The molecule has 0 atom stereocenters. The van der Waals surface area contributed by atoms with E-state index in [-0.39, 0.29) is 5.41 Å². The van der Waals surface area contributed by atoms with E-state index in [0.717, 1.165) is 17.7 Å². The summed E-state index contributed by atoms with van der Waals surface area (Å²) >= 11 is 0. The van der Waals surface area contributed by atoms with Gasteiger partial charge in [-0.1, -0.05) is 45.5 Å². The van der Waals surface area contributed by atoms with Crippen LogP contribution in [0, 0.1) is 5.41 Å². The molecule has 0 bridgehead atoms. The summed E-state index contributed by atoms with van der Waals surface area (Å²) in [7, 11) is 0. The maximum Gasteiger partial charge on any atom is 0.119 e. The molecular formula is C14H20O. The molecule has 0 aromatic heterocycles. The maximum absolute atomic E-state index is 5.61. The molecule has 0 aliphatic carbocycles. The normalized spacial score (nSPS) is 11.1. The predicted molar refractivity (Wildman–Crippen MR) is 65.1 cm³/mol. The van der Waals surface area contributed by atoms with E-state index in [4.69, 9.17) is 4.74 Å². The second kappa shape index (κ2) is 5.01. The lowest BCUT2D eigenvalue weighted by Gasteiger charge is -2.19. The van der Waals surface area contributed by atoms with Crippen molar-refractivity contribution in [3.63, 3.8) is 0 Å². The second-order valence-electron chi connectivity index (χ2n) is 5.09. The fraction of sp³-hybridized carbons (Fsp3) is 0.429. The molecule has 0 radical (unpaired) electrons. The van der Waals surface area contributed by atoms with Crippen LogP contribution >= 0.6 is 0 Å². The van der Waals surface area contributed by atoms with Crippen molar-refractivity contribution in [2.75, 3.05) is 6.61 Å². The quantitative estimate of drug-likeness (QED) is 0.672. The van der Waals surface area contributed by atoms with E-state index in [9.17, 15) is 0 Å². The molecule has 0 fully saturated rings. The minimum atomic E-state index is 0.289. The molecule has 0 aliphatic rings. The van der Waals surface area contributed by atoms with Crippen molar-refractivity contribution in [1.82, 2.24) is 0 Å². The molecule has 0 saturated heterocycles. The Hall–Kier alpha value is -1.24. The first kappa shape index (κ1) is 11.8. The van der Waals surface area contributed by atoms with E-state index in [2.05, 4.69) is 27.4 Å². The summed E-state index contributed by atoms with van der Waals surface area (Å²) < 4.78 is 5.61. The molecule has 0 N–H and O–H groups in total. The highest BCUT2D eigenvalue weighted by molar-refractivity contribution is 5.21. The van der Waals surface area contributed by atoms with Crippen molar-refractivity contribution in [1.29, 1.82) is 0 Å². The molecule has 0 amide bonds. The van der Waals surface area contributed by atoms with E-state index in [1.165, 1.54) is 0 Å². The first-order valence-corrected chi connectivity index (χ1v) is 5.32. The van der Waals surface area contributed by atoms with Gasteiger partial charge in [-0.3, -0.25) is 0 Å². The van der Waals surface area contributed by atoms with Gasteiger partial charge in [0.25, 0.3) is 0 Å². The summed E-state index contributed by atoms with van der Waals surface area (Å²) in [6.07, 6.45) is 1.000. The Balaban J connectivity index is 2.35. The van der Waals surface area contributed by atoms with Gasteiger partial charge >= 0.3 is 0 Å². The zero-order valence-corrected chi connectivity index (χ0v) is 9.92. The third-order valence-electron chi connectivity index (χ3n) is 1.97. The van der Waals surface area contributed by atoms with Crippen molar-refractivity contribution < 1.29 is 4.74 Å². The van der Waals surface area contributed by atoms with Crippen molar-refractivity contribution in [3.8, 4) is 5.75 Å². The highest BCUT2D eigenvalue weighted by atomic mass is 16.5. The molecular weight excluding hydrogens is 184 g/mol. The van der Waals surface area contributed by atoms with Crippen LogP contribution in [0.4, 0.5) is 0 Å². The van der Waals surface area contributed by atoms with Gasteiger partial charge in [-0.05, 0) is 29.5 Å². The standard InChI is InChI=1S/C14H20O/c1-12(10-14(2,3)4)11-15-13-8-6-5-7-9-13/h5-9H,1,10-11H2,2-4H3. The zero-order chi connectivity index (χ0) is 11.3. The maximum atomic E-state index is 5.61. The van der Waals surface area contributed by atoms with Crippen LogP contribution in [0.15, 0.2) is 42.5 Å². The average molecular weight is 204 g/mol. The largest absolute Gasteiger partial charge is 0.489 e. The van der Waals surface area contributed by atoms with Crippen LogP contribution < -0.4 is 4.74 Å². The summed E-state index contributed by atoms with van der Waals surface area (Å²) in [6, 6.07) is 9.86. The molecule has 1 aromatic carbocycles. The number of hydrogen-bond donors (Lipinski definition) is 0. The topological polar surface area (TPSA) is 9.23 Å². The third kappa shape index (κ3) is 5.26. The Labute approximate surface area is 92.8 Å².